The molecule has 1 amide bonds. The maximum atomic E-state index is 12.2. The van der Waals surface area contributed by atoms with Crippen LogP contribution in [0.4, 0.5) is 5.69 Å². The second kappa shape index (κ2) is 6.55. The molecule has 0 aliphatic carbocycles. The molecule has 24 heavy (non-hydrogen) atoms. The number of hydrazine groups is 1. The van der Waals surface area contributed by atoms with E-state index >= 15 is 0 Å². The van der Waals surface area contributed by atoms with Gasteiger partial charge in [0, 0.05) is 5.69 Å². The van der Waals surface area contributed by atoms with E-state index in [0.717, 1.165) is 27.6 Å². The molecule has 0 spiro atoms. The third-order valence-electron chi connectivity index (χ3n) is 3.62. The minimum absolute atomic E-state index is 0.275. The van der Waals surface area contributed by atoms with Gasteiger partial charge in [0.1, 0.15) is 11.4 Å². The number of methoxy groups -OCH3 is 1. The number of hydrogen-bond donors (Lipinski definition) is 2. The number of hydrogen-bond acceptors (Lipinski definition) is 5. The van der Waals surface area contributed by atoms with Crippen LogP contribution >= 0.6 is 0 Å². The largest absolute Gasteiger partial charge is 0.497 e. The number of carbonyl (C=O) groups excluding carboxylic acids is 1. The highest BCUT2D eigenvalue weighted by Crippen LogP contribution is 2.19. The van der Waals surface area contributed by atoms with Gasteiger partial charge in [-0.1, -0.05) is 29.8 Å². The van der Waals surface area contributed by atoms with Crippen molar-refractivity contribution in [3.05, 3.63) is 65.4 Å². The number of nitrogens with zero attached hydrogens (tertiary/aromatic N) is 2. The molecule has 1 aliphatic rings. The molecular weight excluding hydrogens is 304 g/mol. The number of carbonyl (C=O) groups is 1. The summed E-state index contributed by atoms with van der Waals surface area (Å²) in [6.07, 6.45) is 1.69. The van der Waals surface area contributed by atoms with Crippen LogP contribution in [0.2, 0.25) is 0 Å². The molecule has 0 bridgehead atoms. The molecule has 0 unspecified atom stereocenters. The molecule has 3 rings (SSSR count). The summed E-state index contributed by atoms with van der Waals surface area (Å²) in [5.41, 5.74) is 3.08. The fourth-order valence-corrected chi connectivity index (χ4v) is 2.24. The Morgan fingerprint density at radius 3 is 2.42 bits per heavy atom. The van der Waals surface area contributed by atoms with Gasteiger partial charge in [0.2, 0.25) is 5.96 Å². The summed E-state index contributed by atoms with van der Waals surface area (Å²) in [4.78, 5) is 16.5. The Morgan fingerprint density at radius 1 is 1.12 bits per heavy atom. The van der Waals surface area contributed by atoms with Crippen molar-refractivity contribution in [3.8, 4) is 5.75 Å². The van der Waals surface area contributed by atoms with Crippen molar-refractivity contribution in [3.63, 3.8) is 0 Å². The minimum Gasteiger partial charge on any atom is -0.497 e. The Labute approximate surface area is 140 Å². The SMILES string of the molecule is COc1ccc(/C=C2/N=C(Nc3ccc(C)cc3)N(N)C2=O)cc1. The summed E-state index contributed by atoms with van der Waals surface area (Å²) in [7, 11) is 1.60. The molecule has 6 heteroatoms. The van der Waals surface area contributed by atoms with Crippen LogP contribution < -0.4 is 15.9 Å². The Balaban J connectivity index is 1.83. The number of aryl methyl sites for hydroxylation is 1. The predicted molar refractivity (Wildman–Crippen MR) is 94.2 cm³/mol. The lowest BCUT2D eigenvalue weighted by Gasteiger charge is -2.12. The van der Waals surface area contributed by atoms with Crippen molar-refractivity contribution in [2.75, 3.05) is 12.4 Å². The summed E-state index contributed by atoms with van der Waals surface area (Å²) >= 11 is 0. The van der Waals surface area contributed by atoms with Gasteiger partial charge in [-0.05, 0) is 42.8 Å². The van der Waals surface area contributed by atoms with E-state index in [1.54, 1.807) is 13.2 Å². The zero-order chi connectivity index (χ0) is 17.1. The van der Waals surface area contributed by atoms with E-state index in [1.165, 1.54) is 0 Å². The second-order valence-corrected chi connectivity index (χ2v) is 5.40. The van der Waals surface area contributed by atoms with Gasteiger partial charge in [-0.25, -0.2) is 15.8 Å². The fraction of sp³-hybridized carbons (Fsp3) is 0.111. The topological polar surface area (TPSA) is 79.9 Å². The standard InChI is InChI=1S/C18H18N4O2/c1-12-3-7-14(8-4-12)20-18-21-16(17(23)22(18)19)11-13-5-9-15(24-2)10-6-13/h3-11H,19H2,1-2H3,(H,20,21)/b16-11+. The van der Waals surface area contributed by atoms with Crippen molar-refractivity contribution in [1.82, 2.24) is 5.01 Å². The highest BCUT2D eigenvalue weighted by molar-refractivity contribution is 6.16. The lowest BCUT2D eigenvalue weighted by Crippen LogP contribution is -2.42. The third-order valence-corrected chi connectivity index (χ3v) is 3.62. The van der Waals surface area contributed by atoms with Crippen molar-refractivity contribution in [1.29, 1.82) is 0 Å². The van der Waals surface area contributed by atoms with Crippen LogP contribution in [0.25, 0.3) is 6.08 Å². The van der Waals surface area contributed by atoms with E-state index in [1.807, 2.05) is 55.5 Å². The average Bonchev–Trinajstić information content (AvgIpc) is 2.86. The molecule has 0 saturated heterocycles. The number of ether oxygens (including phenoxy) is 1. The van der Waals surface area contributed by atoms with Crippen LogP contribution in [-0.2, 0) is 4.79 Å². The molecule has 122 valence electrons. The van der Waals surface area contributed by atoms with E-state index in [2.05, 4.69) is 10.3 Å². The Morgan fingerprint density at radius 2 is 1.79 bits per heavy atom. The summed E-state index contributed by atoms with van der Waals surface area (Å²) in [5, 5.41) is 4.06. The molecule has 6 nitrogen and oxygen atoms in total. The van der Waals surface area contributed by atoms with E-state index in [4.69, 9.17) is 10.6 Å². The molecule has 0 radical (unpaired) electrons. The second-order valence-electron chi connectivity index (χ2n) is 5.40. The van der Waals surface area contributed by atoms with Crippen molar-refractivity contribution in [2.45, 2.75) is 6.92 Å². The Kier molecular flexibility index (Phi) is 4.31. The molecule has 2 aromatic carbocycles. The summed E-state index contributed by atoms with van der Waals surface area (Å²) < 4.78 is 5.12. The first kappa shape index (κ1) is 15.8. The maximum Gasteiger partial charge on any atom is 0.293 e. The van der Waals surface area contributed by atoms with E-state index in [-0.39, 0.29) is 11.6 Å². The van der Waals surface area contributed by atoms with Crippen molar-refractivity contribution in [2.24, 2.45) is 10.8 Å². The number of nitrogens with two attached hydrogens (primary N) is 1. The van der Waals surface area contributed by atoms with Crippen molar-refractivity contribution < 1.29 is 9.53 Å². The molecule has 0 fully saturated rings. The Hall–Kier alpha value is -3.12. The van der Waals surface area contributed by atoms with E-state index < -0.39 is 0 Å². The average molecular weight is 322 g/mol. The quantitative estimate of drug-likeness (QED) is 0.517. The number of anilines is 1. The number of benzene rings is 2. The number of guanidine groups is 1. The highest BCUT2D eigenvalue weighted by atomic mass is 16.5. The van der Waals surface area contributed by atoms with Crippen LogP contribution in [0, 0.1) is 6.92 Å². The molecule has 1 heterocycles. The first-order valence-corrected chi connectivity index (χ1v) is 7.44. The molecule has 2 aromatic rings. The summed E-state index contributed by atoms with van der Waals surface area (Å²) in [5.74, 6) is 6.50. The molecule has 3 N–H and O–H groups in total. The van der Waals surface area contributed by atoms with Crippen LogP contribution in [0.5, 0.6) is 5.75 Å². The van der Waals surface area contributed by atoms with E-state index in [0.29, 0.717) is 5.96 Å². The first-order valence-electron chi connectivity index (χ1n) is 7.44. The maximum absolute atomic E-state index is 12.2. The van der Waals surface area contributed by atoms with Gasteiger partial charge < -0.3 is 10.1 Å². The van der Waals surface area contributed by atoms with Crippen LogP contribution in [0.3, 0.4) is 0 Å². The number of amides is 1. The summed E-state index contributed by atoms with van der Waals surface area (Å²) in [6.45, 7) is 2.01. The molecule has 1 aliphatic heterocycles. The van der Waals surface area contributed by atoms with Gasteiger partial charge in [-0.3, -0.25) is 4.79 Å². The smallest absolute Gasteiger partial charge is 0.293 e. The van der Waals surface area contributed by atoms with Crippen LogP contribution in [0.15, 0.2) is 59.2 Å². The molecule has 0 aromatic heterocycles. The summed E-state index contributed by atoms with van der Waals surface area (Å²) in [6, 6.07) is 15.1. The molecule has 0 atom stereocenters. The number of nitrogens with one attached hydrogen (secondary N) is 1. The molecular formula is C18H18N4O2. The van der Waals surface area contributed by atoms with Gasteiger partial charge in [0.15, 0.2) is 0 Å². The minimum atomic E-state index is -0.361. The van der Waals surface area contributed by atoms with Gasteiger partial charge in [0.05, 0.1) is 7.11 Å². The van der Waals surface area contributed by atoms with Gasteiger partial charge >= 0.3 is 0 Å². The fourth-order valence-electron chi connectivity index (χ4n) is 2.24. The predicted octanol–water partition coefficient (Wildman–Crippen LogP) is 2.53. The van der Waals surface area contributed by atoms with Crippen molar-refractivity contribution >= 4 is 23.6 Å². The number of aliphatic imine (C=N–C) groups is 1. The van der Waals surface area contributed by atoms with Crippen LogP contribution in [-0.4, -0.2) is 24.0 Å². The molecule has 0 saturated carbocycles. The highest BCUT2D eigenvalue weighted by Gasteiger charge is 2.27. The lowest BCUT2D eigenvalue weighted by atomic mass is 10.2. The van der Waals surface area contributed by atoms with Gasteiger partial charge in [0.25, 0.3) is 5.91 Å². The van der Waals surface area contributed by atoms with Gasteiger partial charge in [-0.15, -0.1) is 0 Å². The number of rotatable bonds is 3. The first-order chi connectivity index (χ1) is 11.6. The Bertz CT molecular complexity index is 808. The van der Waals surface area contributed by atoms with Crippen LogP contribution in [0.1, 0.15) is 11.1 Å². The van der Waals surface area contributed by atoms with Gasteiger partial charge in [-0.2, -0.15) is 0 Å². The third kappa shape index (κ3) is 3.28. The lowest BCUT2D eigenvalue weighted by molar-refractivity contribution is -0.122. The zero-order valence-corrected chi connectivity index (χ0v) is 13.5. The normalized spacial score (nSPS) is 15.6. The zero-order valence-electron chi connectivity index (χ0n) is 13.5. The monoisotopic (exact) mass is 322 g/mol. The van der Waals surface area contributed by atoms with E-state index in [9.17, 15) is 4.79 Å².